The van der Waals surface area contributed by atoms with Crippen molar-refractivity contribution in [3.05, 3.63) is 33.2 Å². The Labute approximate surface area is 148 Å². The summed E-state index contributed by atoms with van der Waals surface area (Å²) in [6, 6.07) is 7.19. The Bertz CT molecular complexity index is 859. The number of tetrazole rings is 1. The first-order valence-corrected chi connectivity index (χ1v) is 8.73. The molecule has 0 saturated carbocycles. The number of hydrogen-bond donors (Lipinski definition) is 2. The first-order valence-electron chi connectivity index (χ1n) is 6.14. The molecule has 12 heteroatoms. The van der Waals surface area contributed by atoms with Crippen LogP contribution in [0.4, 0.5) is 5.95 Å². The van der Waals surface area contributed by atoms with Crippen LogP contribution in [0.5, 0.6) is 0 Å². The minimum Gasteiger partial charge on any atom is -0.291 e. The maximum atomic E-state index is 11.8. The number of nitrogens with one attached hydrogen (secondary N) is 2. The lowest BCUT2D eigenvalue weighted by Gasteiger charge is -2.00. The summed E-state index contributed by atoms with van der Waals surface area (Å²) in [5, 5.41) is 20.4. The summed E-state index contributed by atoms with van der Waals surface area (Å²) in [5.74, 6) is 0.0442. The predicted octanol–water partition coefficient (Wildman–Crippen LogP) is 2.56. The van der Waals surface area contributed by atoms with Crippen LogP contribution >= 0.6 is 46.9 Å². The van der Waals surface area contributed by atoms with E-state index in [-0.39, 0.29) is 17.6 Å². The molecule has 0 unspecified atom stereocenters. The average Bonchev–Trinajstić information content (AvgIpc) is 3.16. The van der Waals surface area contributed by atoms with Gasteiger partial charge < -0.3 is 0 Å². The highest BCUT2D eigenvalue weighted by Crippen LogP contribution is 2.24. The Kier molecular flexibility index (Phi) is 5.00. The third-order valence-electron chi connectivity index (χ3n) is 2.52. The molecule has 0 fully saturated rings. The van der Waals surface area contributed by atoms with E-state index in [1.807, 2.05) is 12.1 Å². The van der Waals surface area contributed by atoms with Crippen LogP contribution in [-0.2, 0) is 4.79 Å². The zero-order chi connectivity index (χ0) is 16.2. The number of aromatic nitrogens is 6. The lowest BCUT2D eigenvalue weighted by Crippen LogP contribution is -2.15. The molecular weight excluding hydrogens is 378 g/mol. The molecule has 0 saturated heterocycles. The van der Waals surface area contributed by atoms with Gasteiger partial charge in [-0.1, -0.05) is 39.8 Å². The Balaban J connectivity index is 1.65. The van der Waals surface area contributed by atoms with E-state index in [1.54, 1.807) is 16.8 Å². The van der Waals surface area contributed by atoms with Crippen molar-refractivity contribution in [2.45, 2.75) is 4.34 Å². The SMILES string of the molecule is O=C(CSc1nn(-c2ccc(Cl)cc2)c(=S)s1)Nc1nn[nH]n1. The van der Waals surface area contributed by atoms with Crippen LogP contribution in [0, 0.1) is 3.95 Å². The number of nitrogens with zero attached hydrogens (tertiary/aromatic N) is 5. The molecule has 8 nitrogen and oxygen atoms in total. The topological polar surface area (TPSA) is 101 Å². The molecule has 118 valence electrons. The number of carbonyl (C=O) groups excluding carboxylic acids is 1. The molecule has 0 atom stereocenters. The fourth-order valence-corrected chi connectivity index (χ4v) is 3.85. The molecule has 0 bridgehead atoms. The number of carbonyl (C=O) groups is 1. The Morgan fingerprint density at radius 2 is 2.22 bits per heavy atom. The monoisotopic (exact) mass is 385 g/mol. The third-order valence-corrected chi connectivity index (χ3v) is 5.14. The van der Waals surface area contributed by atoms with E-state index in [0.717, 1.165) is 5.69 Å². The van der Waals surface area contributed by atoms with Crippen molar-refractivity contribution in [3.63, 3.8) is 0 Å². The van der Waals surface area contributed by atoms with E-state index in [0.29, 0.717) is 13.3 Å². The summed E-state index contributed by atoms with van der Waals surface area (Å²) >= 11 is 13.8. The number of anilines is 1. The van der Waals surface area contributed by atoms with Gasteiger partial charge in [-0.15, -0.1) is 10.2 Å². The number of H-pyrrole nitrogens is 1. The molecule has 1 aromatic carbocycles. The van der Waals surface area contributed by atoms with Gasteiger partial charge in [-0.05, 0) is 41.7 Å². The number of benzene rings is 1. The lowest BCUT2D eigenvalue weighted by atomic mass is 10.3. The maximum Gasteiger partial charge on any atom is 0.269 e. The molecule has 0 spiro atoms. The Hall–Kier alpha value is -1.82. The van der Waals surface area contributed by atoms with E-state index >= 15 is 0 Å². The normalized spacial score (nSPS) is 10.7. The predicted molar refractivity (Wildman–Crippen MR) is 90.8 cm³/mol. The van der Waals surface area contributed by atoms with Crippen molar-refractivity contribution in [3.8, 4) is 5.69 Å². The third kappa shape index (κ3) is 4.13. The summed E-state index contributed by atoms with van der Waals surface area (Å²) in [7, 11) is 0. The van der Waals surface area contributed by atoms with Crippen LogP contribution in [0.15, 0.2) is 28.6 Å². The number of hydrogen-bond acceptors (Lipinski definition) is 8. The van der Waals surface area contributed by atoms with E-state index in [9.17, 15) is 4.79 Å². The largest absolute Gasteiger partial charge is 0.291 e. The molecule has 0 aliphatic carbocycles. The van der Waals surface area contributed by atoms with Crippen molar-refractivity contribution < 1.29 is 4.79 Å². The zero-order valence-corrected chi connectivity index (χ0v) is 14.5. The number of amides is 1. The van der Waals surface area contributed by atoms with Gasteiger partial charge in [-0.2, -0.15) is 5.21 Å². The fraction of sp³-hybridized carbons (Fsp3) is 0.0909. The van der Waals surface area contributed by atoms with Crippen molar-refractivity contribution in [2.24, 2.45) is 0 Å². The molecule has 2 heterocycles. The van der Waals surface area contributed by atoms with Crippen LogP contribution in [0.3, 0.4) is 0 Å². The number of aromatic amines is 1. The summed E-state index contributed by atoms with van der Waals surface area (Å²) in [5.41, 5.74) is 0.818. The number of halogens is 1. The van der Waals surface area contributed by atoms with E-state index in [1.165, 1.54) is 23.1 Å². The van der Waals surface area contributed by atoms with Crippen LogP contribution < -0.4 is 5.32 Å². The van der Waals surface area contributed by atoms with Gasteiger partial charge in [-0.25, -0.2) is 4.68 Å². The van der Waals surface area contributed by atoms with Crippen LogP contribution in [-0.4, -0.2) is 42.1 Å². The standard InChI is InChI=1S/C11H8ClN7OS3/c12-6-1-3-7(4-2-6)19-11(21)23-10(16-19)22-5-8(20)13-9-14-17-18-15-9/h1-4H,5H2,(H2,13,14,15,17,18,20). The molecular formula is C11H8ClN7OS3. The molecule has 3 aromatic rings. The molecule has 1 amide bonds. The zero-order valence-electron chi connectivity index (χ0n) is 11.3. The summed E-state index contributed by atoms with van der Waals surface area (Å²) < 4.78 is 2.91. The summed E-state index contributed by atoms with van der Waals surface area (Å²) in [4.78, 5) is 11.8. The minimum atomic E-state index is -0.254. The van der Waals surface area contributed by atoms with Gasteiger partial charge >= 0.3 is 0 Å². The maximum absolute atomic E-state index is 11.8. The molecule has 0 radical (unpaired) electrons. The van der Waals surface area contributed by atoms with Gasteiger partial charge in [0.1, 0.15) is 0 Å². The lowest BCUT2D eigenvalue weighted by molar-refractivity contribution is -0.113. The quantitative estimate of drug-likeness (QED) is 0.514. The molecule has 2 N–H and O–H groups in total. The average molecular weight is 386 g/mol. The Morgan fingerprint density at radius 1 is 1.43 bits per heavy atom. The minimum absolute atomic E-state index is 0.134. The van der Waals surface area contributed by atoms with Crippen molar-refractivity contribution in [2.75, 3.05) is 11.1 Å². The summed E-state index contributed by atoms with van der Waals surface area (Å²) in [6.07, 6.45) is 0. The second kappa shape index (κ2) is 7.17. The highest BCUT2D eigenvalue weighted by Gasteiger charge is 2.10. The first-order chi connectivity index (χ1) is 11.1. The van der Waals surface area contributed by atoms with Crippen LogP contribution in [0.2, 0.25) is 5.02 Å². The van der Waals surface area contributed by atoms with Gasteiger partial charge in [-0.3, -0.25) is 10.1 Å². The number of rotatable bonds is 5. The van der Waals surface area contributed by atoms with Crippen LogP contribution in [0.1, 0.15) is 0 Å². The van der Waals surface area contributed by atoms with Gasteiger partial charge in [0.2, 0.25) is 5.91 Å². The molecule has 23 heavy (non-hydrogen) atoms. The van der Waals surface area contributed by atoms with Gasteiger partial charge in [0, 0.05) is 5.02 Å². The summed E-state index contributed by atoms with van der Waals surface area (Å²) in [6.45, 7) is 0. The Morgan fingerprint density at radius 3 is 2.91 bits per heavy atom. The van der Waals surface area contributed by atoms with E-state index < -0.39 is 0 Å². The van der Waals surface area contributed by atoms with Gasteiger partial charge in [0.25, 0.3) is 5.95 Å². The fourth-order valence-electron chi connectivity index (χ4n) is 1.57. The van der Waals surface area contributed by atoms with E-state index in [2.05, 4.69) is 31.0 Å². The van der Waals surface area contributed by atoms with Crippen molar-refractivity contribution >= 4 is 58.8 Å². The van der Waals surface area contributed by atoms with Crippen molar-refractivity contribution in [1.82, 2.24) is 30.4 Å². The molecule has 2 aromatic heterocycles. The van der Waals surface area contributed by atoms with Crippen LogP contribution in [0.25, 0.3) is 5.69 Å². The highest BCUT2D eigenvalue weighted by molar-refractivity contribution is 8.01. The first kappa shape index (κ1) is 16.1. The molecule has 0 aliphatic rings. The highest BCUT2D eigenvalue weighted by atomic mass is 35.5. The van der Waals surface area contributed by atoms with Crippen molar-refractivity contribution in [1.29, 1.82) is 0 Å². The second-order valence-electron chi connectivity index (χ2n) is 4.09. The number of thioether (sulfide) groups is 1. The molecule has 3 rings (SSSR count). The smallest absolute Gasteiger partial charge is 0.269 e. The second-order valence-corrected chi connectivity index (χ2v) is 7.38. The van der Waals surface area contributed by atoms with Gasteiger partial charge in [0.15, 0.2) is 8.29 Å². The van der Waals surface area contributed by atoms with Gasteiger partial charge in [0.05, 0.1) is 11.4 Å². The molecule has 0 aliphatic heterocycles. The van der Waals surface area contributed by atoms with E-state index in [4.69, 9.17) is 23.8 Å².